The van der Waals surface area contributed by atoms with Crippen LogP contribution in [0.15, 0.2) is 9.05 Å². The maximum Gasteiger partial charge on any atom is 0.240 e. The standard InChI is InChI=1S/C15H22N6O2/c1-10-17-13(19-22-10)9-21-6-2-3-12(8-21)16-7-14-18-15(20-23-14)11-4-5-11/h11-12,16H,2-9H2,1H3/t12-/m0/s1. The minimum Gasteiger partial charge on any atom is -0.340 e. The number of piperidine rings is 1. The normalized spacial score (nSPS) is 22.6. The van der Waals surface area contributed by atoms with Gasteiger partial charge in [0, 0.05) is 25.4 Å². The summed E-state index contributed by atoms with van der Waals surface area (Å²) in [7, 11) is 0. The average Bonchev–Trinajstić information content (AvgIpc) is 3.16. The second-order valence-corrected chi connectivity index (χ2v) is 6.51. The Morgan fingerprint density at radius 1 is 1.17 bits per heavy atom. The largest absolute Gasteiger partial charge is 0.340 e. The van der Waals surface area contributed by atoms with Crippen LogP contribution in [0.1, 0.15) is 55.0 Å². The van der Waals surface area contributed by atoms with E-state index in [4.69, 9.17) is 9.05 Å². The predicted octanol–water partition coefficient (Wildman–Crippen LogP) is 1.39. The molecule has 1 aliphatic heterocycles. The van der Waals surface area contributed by atoms with E-state index < -0.39 is 0 Å². The smallest absolute Gasteiger partial charge is 0.240 e. The zero-order chi connectivity index (χ0) is 15.6. The third-order valence-corrected chi connectivity index (χ3v) is 4.41. The minimum absolute atomic E-state index is 0.424. The molecule has 124 valence electrons. The van der Waals surface area contributed by atoms with Crippen molar-refractivity contribution in [2.45, 2.75) is 57.7 Å². The Labute approximate surface area is 134 Å². The lowest BCUT2D eigenvalue weighted by atomic mass is 10.1. The highest BCUT2D eigenvalue weighted by molar-refractivity contribution is 5.03. The van der Waals surface area contributed by atoms with Gasteiger partial charge in [0.1, 0.15) is 0 Å². The lowest BCUT2D eigenvalue weighted by Crippen LogP contribution is -2.45. The van der Waals surface area contributed by atoms with Gasteiger partial charge in [-0.05, 0) is 32.2 Å². The summed E-state index contributed by atoms with van der Waals surface area (Å²) in [5.41, 5.74) is 0. The fourth-order valence-electron chi connectivity index (χ4n) is 3.05. The molecule has 1 saturated carbocycles. The molecule has 2 aromatic heterocycles. The molecule has 2 aromatic rings. The molecule has 0 unspecified atom stereocenters. The molecule has 8 nitrogen and oxygen atoms in total. The van der Waals surface area contributed by atoms with E-state index in [0.717, 1.165) is 44.1 Å². The van der Waals surface area contributed by atoms with Crippen molar-refractivity contribution in [1.29, 1.82) is 0 Å². The molecule has 2 fully saturated rings. The van der Waals surface area contributed by atoms with E-state index >= 15 is 0 Å². The van der Waals surface area contributed by atoms with E-state index in [1.165, 1.54) is 12.8 Å². The molecule has 0 aromatic carbocycles. The molecule has 0 amide bonds. The van der Waals surface area contributed by atoms with E-state index in [2.05, 4.69) is 30.5 Å². The summed E-state index contributed by atoms with van der Waals surface area (Å²) in [6.45, 7) is 5.23. The van der Waals surface area contributed by atoms with Crippen molar-refractivity contribution in [3.63, 3.8) is 0 Å². The van der Waals surface area contributed by atoms with Crippen molar-refractivity contribution in [2.24, 2.45) is 0 Å². The second-order valence-electron chi connectivity index (χ2n) is 6.51. The molecule has 4 rings (SSSR count). The molecule has 2 aliphatic rings. The minimum atomic E-state index is 0.424. The maximum atomic E-state index is 5.31. The van der Waals surface area contributed by atoms with Crippen LogP contribution in [0.3, 0.4) is 0 Å². The summed E-state index contributed by atoms with van der Waals surface area (Å²) >= 11 is 0. The van der Waals surface area contributed by atoms with E-state index in [1.807, 2.05) is 6.92 Å². The van der Waals surface area contributed by atoms with Crippen molar-refractivity contribution in [1.82, 2.24) is 30.5 Å². The first-order valence-electron chi connectivity index (χ1n) is 8.33. The van der Waals surface area contributed by atoms with Gasteiger partial charge in [-0.25, -0.2) is 0 Å². The highest BCUT2D eigenvalue weighted by Gasteiger charge is 2.29. The number of likely N-dealkylation sites (tertiary alicyclic amines) is 1. The monoisotopic (exact) mass is 318 g/mol. The van der Waals surface area contributed by atoms with E-state index in [9.17, 15) is 0 Å². The van der Waals surface area contributed by atoms with E-state index in [1.54, 1.807) is 0 Å². The van der Waals surface area contributed by atoms with Gasteiger partial charge in [0.25, 0.3) is 0 Å². The van der Waals surface area contributed by atoms with Gasteiger partial charge in [-0.1, -0.05) is 10.3 Å². The van der Waals surface area contributed by atoms with E-state index in [0.29, 0.717) is 30.3 Å². The molecule has 8 heteroatoms. The third kappa shape index (κ3) is 3.76. The van der Waals surface area contributed by atoms with Crippen molar-refractivity contribution in [2.75, 3.05) is 13.1 Å². The van der Waals surface area contributed by atoms with Crippen LogP contribution in [0.25, 0.3) is 0 Å². The summed E-state index contributed by atoms with van der Waals surface area (Å²) < 4.78 is 10.3. The molecule has 1 saturated heterocycles. The van der Waals surface area contributed by atoms with Crippen LogP contribution in [-0.4, -0.2) is 44.3 Å². The van der Waals surface area contributed by atoms with Crippen LogP contribution >= 0.6 is 0 Å². The number of nitrogens with zero attached hydrogens (tertiary/aromatic N) is 5. The zero-order valence-corrected chi connectivity index (χ0v) is 13.4. The van der Waals surface area contributed by atoms with Crippen LogP contribution < -0.4 is 5.32 Å². The van der Waals surface area contributed by atoms with Crippen LogP contribution in [-0.2, 0) is 13.1 Å². The SMILES string of the molecule is Cc1nc(CN2CCC[C@H](NCc3nc(C4CC4)no3)C2)no1. The third-order valence-electron chi connectivity index (χ3n) is 4.41. The van der Waals surface area contributed by atoms with Gasteiger partial charge < -0.3 is 14.4 Å². The lowest BCUT2D eigenvalue weighted by molar-refractivity contribution is 0.174. The summed E-state index contributed by atoms with van der Waals surface area (Å²) in [5.74, 6) is 3.48. The van der Waals surface area contributed by atoms with Gasteiger partial charge in [0.05, 0.1) is 13.1 Å². The number of aryl methyl sites for hydroxylation is 1. The molecule has 0 bridgehead atoms. The Balaban J connectivity index is 1.26. The number of hydrogen-bond acceptors (Lipinski definition) is 8. The highest BCUT2D eigenvalue weighted by atomic mass is 16.5. The summed E-state index contributed by atoms with van der Waals surface area (Å²) in [5, 5.41) is 11.6. The fourth-order valence-corrected chi connectivity index (χ4v) is 3.05. The number of rotatable bonds is 6. The maximum absolute atomic E-state index is 5.31. The lowest BCUT2D eigenvalue weighted by Gasteiger charge is -2.32. The van der Waals surface area contributed by atoms with Crippen LogP contribution in [0.5, 0.6) is 0 Å². The topological polar surface area (TPSA) is 93.1 Å². The summed E-state index contributed by atoms with van der Waals surface area (Å²) in [4.78, 5) is 11.1. The zero-order valence-electron chi connectivity index (χ0n) is 13.4. The molecule has 23 heavy (non-hydrogen) atoms. The highest BCUT2D eigenvalue weighted by Crippen LogP contribution is 2.38. The molecule has 0 radical (unpaired) electrons. The Morgan fingerprint density at radius 3 is 2.87 bits per heavy atom. The Hall–Kier alpha value is -1.80. The molecule has 1 N–H and O–H groups in total. The van der Waals surface area contributed by atoms with Gasteiger partial charge in [-0.15, -0.1) is 0 Å². The van der Waals surface area contributed by atoms with Crippen LogP contribution in [0, 0.1) is 6.92 Å². The van der Waals surface area contributed by atoms with Crippen molar-refractivity contribution in [3.8, 4) is 0 Å². The van der Waals surface area contributed by atoms with Gasteiger partial charge in [-0.2, -0.15) is 9.97 Å². The molecule has 1 atom stereocenters. The Kier molecular flexibility index (Phi) is 4.09. The fraction of sp³-hybridized carbons (Fsp3) is 0.733. The Morgan fingerprint density at radius 2 is 2.09 bits per heavy atom. The molecular weight excluding hydrogens is 296 g/mol. The van der Waals surface area contributed by atoms with Crippen molar-refractivity contribution < 1.29 is 9.05 Å². The molecule has 1 aliphatic carbocycles. The van der Waals surface area contributed by atoms with Crippen molar-refractivity contribution >= 4 is 0 Å². The molecule has 0 spiro atoms. The average molecular weight is 318 g/mol. The molecular formula is C15H22N6O2. The van der Waals surface area contributed by atoms with Crippen LogP contribution in [0.4, 0.5) is 0 Å². The van der Waals surface area contributed by atoms with Gasteiger partial charge in [0.15, 0.2) is 11.6 Å². The predicted molar refractivity (Wildman–Crippen MR) is 80.4 cm³/mol. The van der Waals surface area contributed by atoms with Gasteiger partial charge >= 0.3 is 0 Å². The number of hydrogen-bond donors (Lipinski definition) is 1. The first-order chi connectivity index (χ1) is 11.3. The number of nitrogens with one attached hydrogen (secondary N) is 1. The van der Waals surface area contributed by atoms with Crippen molar-refractivity contribution in [3.05, 3.63) is 23.4 Å². The quantitative estimate of drug-likeness (QED) is 0.854. The number of aromatic nitrogens is 4. The van der Waals surface area contributed by atoms with Gasteiger partial charge in [0.2, 0.25) is 11.8 Å². The van der Waals surface area contributed by atoms with Crippen LogP contribution in [0.2, 0.25) is 0 Å². The Bertz CT molecular complexity index is 650. The van der Waals surface area contributed by atoms with Gasteiger partial charge in [-0.3, -0.25) is 4.90 Å². The first kappa shape index (κ1) is 14.8. The molecule has 3 heterocycles. The van der Waals surface area contributed by atoms with E-state index in [-0.39, 0.29) is 0 Å². The first-order valence-corrected chi connectivity index (χ1v) is 8.33. The second kappa shape index (κ2) is 6.37. The summed E-state index contributed by atoms with van der Waals surface area (Å²) in [6, 6.07) is 0.424. The summed E-state index contributed by atoms with van der Waals surface area (Å²) in [6.07, 6.45) is 4.70.